The van der Waals surface area contributed by atoms with Gasteiger partial charge in [0.2, 0.25) is 0 Å². The lowest BCUT2D eigenvalue weighted by molar-refractivity contribution is -0.140. The topological polar surface area (TPSA) is 20.3 Å². The van der Waals surface area contributed by atoms with E-state index in [9.17, 15) is 22.4 Å². The summed E-state index contributed by atoms with van der Waals surface area (Å²) in [7, 11) is 2.67. The van der Waals surface area contributed by atoms with Gasteiger partial charge >= 0.3 is 6.18 Å². The predicted molar refractivity (Wildman–Crippen MR) is 49.4 cm³/mol. The van der Waals surface area contributed by atoms with E-state index >= 15 is 0 Å². The van der Waals surface area contributed by atoms with Crippen LogP contribution in [0.5, 0.6) is 0 Å². The molecule has 0 heterocycles. The van der Waals surface area contributed by atoms with Gasteiger partial charge in [0.15, 0.2) is 0 Å². The lowest BCUT2D eigenvalue weighted by atomic mass is 10.1. The molecule has 0 saturated carbocycles. The molecule has 16 heavy (non-hydrogen) atoms. The van der Waals surface area contributed by atoms with Gasteiger partial charge in [-0.1, -0.05) is 6.07 Å². The number of benzene rings is 1. The smallest absolute Gasteiger partial charge is 0.345 e. The minimum absolute atomic E-state index is 0.583. The zero-order valence-corrected chi connectivity index (χ0v) is 8.60. The van der Waals surface area contributed by atoms with E-state index in [1.54, 1.807) is 0 Å². The highest BCUT2D eigenvalue weighted by Crippen LogP contribution is 2.32. The van der Waals surface area contributed by atoms with Crippen LogP contribution >= 0.6 is 0 Å². The fourth-order valence-electron chi connectivity index (χ4n) is 1.16. The molecule has 88 valence electrons. The summed E-state index contributed by atoms with van der Waals surface area (Å²) in [5, 5.41) is 0. The summed E-state index contributed by atoms with van der Waals surface area (Å²) < 4.78 is 50.4. The van der Waals surface area contributed by atoms with Gasteiger partial charge in [-0.2, -0.15) is 13.2 Å². The van der Waals surface area contributed by atoms with Gasteiger partial charge in [-0.25, -0.2) is 4.39 Å². The van der Waals surface area contributed by atoms with Crippen LogP contribution in [0.25, 0.3) is 0 Å². The Morgan fingerprint density at radius 3 is 2.25 bits per heavy atom. The van der Waals surface area contributed by atoms with Gasteiger partial charge < -0.3 is 4.90 Å². The van der Waals surface area contributed by atoms with Crippen molar-refractivity contribution in [2.45, 2.75) is 6.18 Å². The van der Waals surface area contributed by atoms with Gasteiger partial charge in [-0.05, 0) is 12.1 Å². The van der Waals surface area contributed by atoms with Gasteiger partial charge in [0.1, 0.15) is 5.82 Å². The molecule has 0 aromatic heterocycles. The van der Waals surface area contributed by atoms with Gasteiger partial charge in [-0.3, -0.25) is 4.79 Å². The van der Waals surface area contributed by atoms with Crippen molar-refractivity contribution in [3.8, 4) is 0 Å². The SMILES string of the molecule is CN(C)C(=O)c1cccc(C(F)(F)F)c1F. The van der Waals surface area contributed by atoms with Crippen LogP contribution in [0.1, 0.15) is 15.9 Å². The van der Waals surface area contributed by atoms with Crippen molar-refractivity contribution in [3.05, 3.63) is 35.1 Å². The molecule has 0 saturated heterocycles. The molecule has 6 heteroatoms. The highest BCUT2D eigenvalue weighted by Gasteiger charge is 2.35. The molecule has 0 aliphatic rings. The van der Waals surface area contributed by atoms with E-state index in [2.05, 4.69) is 0 Å². The van der Waals surface area contributed by atoms with Crippen molar-refractivity contribution in [2.24, 2.45) is 0 Å². The van der Waals surface area contributed by atoms with Gasteiger partial charge in [0, 0.05) is 14.1 Å². The lowest BCUT2D eigenvalue weighted by Crippen LogP contribution is -2.24. The fraction of sp³-hybridized carbons (Fsp3) is 0.300. The monoisotopic (exact) mass is 235 g/mol. The molecule has 0 atom stereocenters. The first kappa shape index (κ1) is 12.5. The summed E-state index contributed by atoms with van der Waals surface area (Å²) in [4.78, 5) is 12.4. The number of hydrogen-bond donors (Lipinski definition) is 0. The minimum Gasteiger partial charge on any atom is -0.345 e. The second kappa shape index (κ2) is 4.11. The van der Waals surface area contributed by atoms with Crippen LogP contribution in [0.2, 0.25) is 0 Å². The third-order valence-electron chi connectivity index (χ3n) is 1.94. The van der Waals surface area contributed by atoms with Crippen molar-refractivity contribution < 1.29 is 22.4 Å². The number of carbonyl (C=O) groups is 1. The third-order valence-corrected chi connectivity index (χ3v) is 1.94. The number of halogens is 4. The van der Waals surface area contributed by atoms with E-state index in [4.69, 9.17) is 0 Å². The Labute approximate surface area is 89.5 Å². The first-order valence-corrected chi connectivity index (χ1v) is 4.32. The van der Waals surface area contributed by atoms with E-state index in [1.807, 2.05) is 0 Å². The number of alkyl halides is 3. The van der Waals surface area contributed by atoms with E-state index in [-0.39, 0.29) is 0 Å². The quantitative estimate of drug-likeness (QED) is 0.685. The molecule has 1 amide bonds. The molecule has 0 aliphatic heterocycles. The Kier molecular flexibility index (Phi) is 3.21. The number of carbonyl (C=O) groups excluding carboxylic acids is 1. The van der Waals surface area contributed by atoms with Crippen LogP contribution in [0.3, 0.4) is 0 Å². The molecule has 2 nitrogen and oxygen atoms in total. The molecule has 1 rings (SSSR count). The fourth-order valence-corrected chi connectivity index (χ4v) is 1.16. The Bertz CT molecular complexity index is 412. The number of rotatable bonds is 1. The van der Waals surface area contributed by atoms with Crippen LogP contribution in [-0.4, -0.2) is 24.9 Å². The van der Waals surface area contributed by atoms with Gasteiger partial charge in [-0.15, -0.1) is 0 Å². The third kappa shape index (κ3) is 2.32. The van der Waals surface area contributed by atoms with Crippen LogP contribution in [0, 0.1) is 5.82 Å². The van der Waals surface area contributed by atoms with E-state index < -0.39 is 29.0 Å². The molecule has 0 radical (unpaired) electrons. The minimum atomic E-state index is -4.80. The Morgan fingerprint density at radius 1 is 1.25 bits per heavy atom. The molecular weight excluding hydrogens is 226 g/mol. The molecule has 0 unspecified atom stereocenters. The van der Waals surface area contributed by atoms with Crippen LogP contribution in [-0.2, 0) is 6.18 Å². The summed E-state index contributed by atoms with van der Waals surface area (Å²) in [5.41, 5.74) is -2.01. The summed E-state index contributed by atoms with van der Waals surface area (Å²) >= 11 is 0. The zero-order valence-electron chi connectivity index (χ0n) is 8.60. The first-order chi connectivity index (χ1) is 7.25. The van der Waals surface area contributed by atoms with Crippen molar-refractivity contribution in [1.29, 1.82) is 0 Å². The highest BCUT2D eigenvalue weighted by atomic mass is 19.4. The van der Waals surface area contributed by atoms with Crippen LogP contribution in [0.4, 0.5) is 17.6 Å². The average molecular weight is 235 g/mol. The summed E-state index contributed by atoms with van der Waals surface area (Å²) in [6.07, 6.45) is -4.80. The molecular formula is C10H9F4NO. The molecule has 0 bridgehead atoms. The molecule has 0 N–H and O–H groups in total. The van der Waals surface area contributed by atoms with Crippen LogP contribution in [0.15, 0.2) is 18.2 Å². The highest BCUT2D eigenvalue weighted by molar-refractivity contribution is 5.94. The average Bonchev–Trinajstić information content (AvgIpc) is 2.15. The lowest BCUT2D eigenvalue weighted by Gasteiger charge is -2.14. The second-order valence-corrected chi connectivity index (χ2v) is 3.36. The van der Waals surface area contributed by atoms with Crippen molar-refractivity contribution in [3.63, 3.8) is 0 Å². The largest absolute Gasteiger partial charge is 0.419 e. The maximum atomic E-state index is 13.4. The van der Waals surface area contributed by atoms with Crippen molar-refractivity contribution >= 4 is 5.91 Å². The molecule has 1 aromatic carbocycles. The first-order valence-electron chi connectivity index (χ1n) is 4.32. The maximum absolute atomic E-state index is 13.4. The van der Waals surface area contributed by atoms with Gasteiger partial charge in [0.25, 0.3) is 5.91 Å². The summed E-state index contributed by atoms with van der Waals surface area (Å²) in [6, 6.07) is 2.62. The molecule has 0 fully saturated rings. The standard InChI is InChI=1S/C10H9F4NO/c1-15(2)9(16)6-4-3-5-7(8(6)11)10(12,13)14/h3-5H,1-2H3. The van der Waals surface area contributed by atoms with Gasteiger partial charge in [0.05, 0.1) is 11.1 Å². The summed E-state index contributed by atoms with van der Waals surface area (Å²) in [5.74, 6) is -2.34. The predicted octanol–water partition coefficient (Wildman–Crippen LogP) is 2.55. The van der Waals surface area contributed by atoms with E-state index in [1.165, 1.54) is 14.1 Å². The number of nitrogens with zero attached hydrogens (tertiary/aromatic N) is 1. The Hall–Kier alpha value is -1.59. The molecule has 1 aromatic rings. The van der Waals surface area contributed by atoms with E-state index in [0.29, 0.717) is 6.07 Å². The number of hydrogen-bond acceptors (Lipinski definition) is 1. The molecule has 0 spiro atoms. The number of amides is 1. The Balaban J connectivity index is 3.30. The zero-order chi connectivity index (χ0) is 12.5. The second-order valence-electron chi connectivity index (χ2n) is 3.36. The summed E-state index contributed by atoms with van der Waals surface area (Å²) in [6.45, 7) is 0. The Morgan fingerprint density at radius 2 is 1.81 bits per heavy atom. The van der Waals surface area contributed by atoms with Crippen molar-refractivity contribution in [1.82, 2.24) is 4.90 Å². The molecule has 0 aliphatic carbocycles. The van der Waals surface area contributed by atoms with Crippen molar-refractivity contribution in [2.75, 3.05) is 14.1 Å². The normalized spacial score (nSPS) is 11.4. The maximum Gasteiger partial charge on any atom is 0.419 e. The van der Waals surface area contributed by atoms with E-state index in [0.717, 1.165) is 17.0 Å². The van der Waals surface area contributed by atoms with Crippen LogP contribution < -0.4 is 0 Å².